The van der Waals surface area contributed by atoms with Crippen LogP contribution in [-0.4, -0.2) is 65.2 Å². The van der Waals surface area contributed by atoms with Crippen molar-refractivity contribution in [3.05, 3.63) is 99.3 Å². The largest absolute Gasteiger partial charge is 0.392 e. The Morgan fingerprint density at radius 3 is 2.51 bits per heavy atom. The molecule has 2 fully saturated rings. The van der Waals surface area contributed by atoms with Gasteiger partial charge in [0.05, 0.1) is 29.7 Å². The maximum absolute atomic E-state index is 15.3. The Morgan fingerprint density at radius 1 is 1.00 bits per heavy atom. The molecule has 1 amide bonds. The van der Waals surface area contributed by atoms with Crippen molar-refractivity contribution in [1.29, 1.82) is 0 Å². The third-order valence-electron chi connectivity index (χ3n) is 9.28. The topological polar surface area (TPSA) is 93.9 Å². The van der Waals surface area contributed by atoms with Crippen molar-refractivity contribution in [2.45, 2.75) is 31.8 Å². The molecule has 45 heavy (non-hydrogen) atoms. The SMILES string of the molecule is CN1CCN(c2ccc(Nc3cc(-c4cccc(N5CCc6cc(C7CC7)cc(F)c6C5=O)c4CO)cn(C)c3=O)nc2)CC1. The zero-order valence-electron chi connectivity index (χ0n) is 25.6. The quantitative estimate of drug-likeness (QED) is 0.316. The van der Waals surface area contributed by atoms with Crippen LogP contribution in [0, 0.1) is 5.82 Å². The number of aromatic nitrogens is 2. The number of nitrogens with zero attached hydrogens (tertiary/aromatic N) is 5. The van der Waals surface area contributed by atoms with Gasteiger partial charge in [0.25, 0.3) is 11.5 Å². The average Bonchev–Trinajstić information content (AvgIpc) is 3.89. The number of aliphatic hydroxyl groups excluding tert-OH is 1. The first kappa shape index (κ1) is 29.2. The third kappa shape index (κ3) is 5.60. The van der Waals surface area contributed by atoms with Gasteiger partial charge in [-0.2, -0.15) is 0 Å². The average molecular weight is 609 g/mol. The molecule has 1 aliphatic carbocycles. The second-order valence-electron chi connectivity index (χ2n) is 12.4. The Bertz CT molecular complexity index is 1830. The molecule has 232 valence electrons. The number of fused-ring (bicyclic) bond motifs is 1. The number of hydrogen-bond donors (Lipinski definition) is 2. The highest BCUT2D eigenvalue weighted by atomic mass is 19.1. The predicted molar refractivity (Wildman–Crippen MR) is 174 cm³/mol. The number of carbonyl (C=O) groups excluding carboxylic acids is 1. The Labute approximate surface area is 261 Å². The molecule has 0 radical (unpaired) electrons. The van der Waals surface area contributed by atoms with Crippen molar-refractivity contribution in [3.8, 4) is 11.1 Å². The van der Waals surface area contributed by atoms with Gasteiger partial charge in [-0.25, -0.2) is 9.37 Å². The number of anilines is 4. The molecule has 0 atom stereocenters. The van der Waals surface area contributed by atoms with E-state index in [1.807, 2.05) is 36.5 Å². The lowest BCUT2D eigenvalue weighted by Crippen LogP contribution is -2.44. The number of aryl methyl sites for hydroxylation is 1. The normalized spacial score (nSPS) is 17.0. The highest BCUT2D eigenvalue weighted by Crippen LogP contribution is 2.42. The van der Waals surface area contributed by atoms with Gasteiger partial charge in [0.2, 0.25) is 0 Å². The predicted octanol–water partition coefficient (Wildman–Crippen LogP) is 4.65. The number of amides is 1. The van der Waals surface area contributed by atoms with Crippen LogP contribution in [0.2, 0.25) is 0 Å². The number of halogens is 1. The molecule has 2 N–H and O–H groups in total. The molecule has 1 saturated carbocycles. The Kier molecular flexibility index (Phi) is 7.63. The number of hydrogen-bond acceptors (Lipinski definition) is 7. The molecule has 2 aliphatic heterocycles. The summed E-state index contributed by atoms with van der Waals surface area (Å²) in [6, 6.07) is 14.6. The van der Waals surface area contributed by atoms with E-state index in [9.17, 15) is 14.7 Å². The second-order valence-corrected chi connectivity index (χ2v) is 12.4. The molecule has 0 spiro atoms. The number of aliphatic hydroxyl groups is 1. The Balaban J connectivity index is 1.18. The molecule has 2 aromatic carbocycles. The zero-order chi connectivity index (χ0) is 31.2. The van der Waals surface area contributed by atoms with E-state index in [1.165, 1.54) is 10.6 Å². The summed E-state index contributed by atoms with van der Waals surface area (Å²) in [6.07, 6.45) is 6.18. The molecular formula is C35H37FN6O3. The van der Waals surface area contributed by atoms with Crippen molar-refractivity contribution < 1.29 is 14.3 Å². The van der Waals surface area contributed by atoms with E-state index in [-0.39, 0.29) is 17.7 Å². The molecule has 2 aromatic heterocycles. The number of piperazine rings is 1. The van der Waals surface area contributed by atoms with E-state index in [0.717, 1.165) is 55.8 Å². The Morgan fingerprint density at radius 2 is 1.80 bits per heavy atom. The van der Waals surface area contributed by atoms with E-state index < -0.39 is 11.7 Å². The van der Waals surface area contributed by atoms with Crippen LogP contribution in [0.1, 0.15) is 45.8 Å². The van der Waals surface area contributed by atoms with Crippen LogP contribution in [0.4, 0.5) is 27.3 Å². The van der Waals surface area contributed by atoms with Crippen molar-refractivity contribution >= 4 is 28.8 Å². The van der Waals surface area contributed by atoms with E-state index in [4.69, 9.17) is 0 Å². The minimum Gasteiger partial charge on any atom is -0.392 e. The number of carbonyl (C=O) groups is 1. The van der Waals surface area contributed by atoms with E-state index >= 15 is 4.39 Å². The molecule has 0 bridgehead atoms. The van der Waals surface area contributed by atoms with Crippen molar-refractivity contribution in [2.75, 3.05) is 54.9 Å². The van der Waals surface area contributed by atoms with Crippen molar-refractivity contribution in [2.24, 2.45) is 7.05 Å². The van der Waals surface area contributed by atoms with Gasteiger partial charge in [-0.3, -0.25) is 9.59 Å². The molecule has 4 aromatic rings. The summed E-state index contributed by atoms with van der Waals surface area (Å²) < 4.78 is 16.8. The van der Waals surface area contributed by atoms with Gasteiger partial charge in [0, 0.05) is 57.1 Å². The molecule has 4 heterocycles. The van der Waals surface area contributed by atoms with Crippen LogP contribution in [0.5, 0.6) is 0 Å². The highest BCUT2D eigenvalue weighted by Gasteiger charge is 2.33. The second kappa shape index (κ2) is 11.8. The van der Waals surface area contributed by atoms with Gasteiger partial charge < -0.3 is 29.7 Å². The summed E-state index contributed by atoms with van der Waals surface area (Å²) in [7, 11) is 3.79. The van der Waals surface area contributed by atoms with E-state index in [0.29, 0.717) is 52.8 Å². The molecule has 10 heteroatoms. The summed E-state index contributed by atoms with van der Waals surface area (Å²) in [4.78, 5) is 37.6. The first-order valence-corrected chi connectivity index (χ1v) is 15.5. The Hall–Kier alpha value is -4.54. The highest BCUT2D eigenvalue weighted by molar-refractivity contribution is 6.09. The lowest BCUT2D eigenvalue weighted by molar-refractivity contribution is 0.0976. The van der Waals surface area contributed by atoms with E-state index in [1.54, 1.807) is 30.3 Å². The summed E-state index contributed by atoms with van der Waals surface area (Å²) in [5.41, 5.74) is 5.40. The number of pyridine rings is 2. The van der Waals surface area contributed by atoms with Crippen molar-refractivity contribution in [1.82, 2.24) is 14.5 Å². The molecule has 7 rings (SSSR count). The molecular weight excluding hydrogens is 571 g/mol. The molecule has 1 saturated heterocycles. The maximum Gasteiger partial charge on any atom is 0.274 e. The fourth-order valence-corrected chi connectivity index (χ4v) is 6.54. The number of rotatable bonds is 7. The summed E-state index contributed by atoms with van der Waals surface area (Å²) in [5.74, 6) is 0.0540. The van der Waals surface area contributed by atoms with Gasteiger partial charge in [0.15, 0.2) is 0 Å². The van der Waals surface area contributed by atoms with Gasteiger partial charge in [0.1, 0.15) is 17.3 Å². The van der Waals surface area contributed by atoms with Crippen LogP contribution in [0.3, 0.4) is 0 Å². The number of likely N-dealkylation sites (N-methyl/N-ethyl adjacent to an activating group) is 1. The van der Waals surface area contributed by atoms with Crippen LogP contribution in [-0.2, 0) is 20.1 Å². The standard InChI is InChI=1S/C35H37FN6O3/c1-39-12-14-41(15-13-39)26-8-9-32(37-19-26)38-30-18-25(20-40(2)34(30)44)27-4-3-5-31(28(27)21-43)42-11-10-23-16-24(22-6-7-22)17-29(36)33(23)35(42)45/h3-5,8-9,16-20,22,43H,6-7,10-15,21H2,1-2H3,(H,37,38). The van der Waals surface area contributed by atoms with Gasteiger partial charge in [-0.1, -0.05) is 18.2 Å². The fourth-order valence-electron chi connectivity index (χ4n) is 6.54. The van der Waals surface area contributed by atoms with E-state index in [2.05, 4.69) is 27.1 Å². The van der Waals surface area contributed by atoms with Crippen molar-refractivity contribution in [3.63, 3.8) is 0 Å². The van der Waals surface area contributed by atoms with Gasteiger partial charge in [-0.15, -0.1) is 0 Å². The van der Waals surface area contributed by atoms with Crippen LogP contribution < -0.4 is 20.7 Å². The molecule has 9 nitrogen and oxygen atoms in total. The van der Waals surface area contributed by atoms with Crippen LogP contribution in [0.25, 0.3) is 11.1 Å². The first-order valence-electron chi connectivity index (χ1n) is 15.5. The summed E-state index contributed by atoms with van der Waals surface area (Å²) >= 11 is 0. The lowest BCUT2D eigenvalue weighted by Gasteiger charge is -2.33. The third-order valence-corrected chi connectivity index (χ3v) is 9.28. The number of nitrogens with one attached hydrogen (secondary N) is 1. The minimum atomic E-state index is -0.482. The van der Waals surface area contributed by atoms with Gasteiger partial charge >= 0.3 is 0 Å². The first-order chi connectivity index (χ1) is 21.8. The van der Waals surface area contributed by atoms with Gasteiger partial charge in [-0.05, 0) is 79.3 Å². The number of benzene rings is 2. The summed E-state index contributed by atoms with van der Waals surface area (Å²) in [5, 5.41) is 13.8. The fraction of sp³-hybridized carbons (Fsp3) is 0.343. The maximum atomic E-state index is 15.3. The zero-order valence-corrected chi connectivity index (χ0v) is 25.6. The summed E-state index contributed by atoms with van der Waals surface area (Å²) in [6.45, 7) is 3.91. The minimum absolute atomic E-state index is 0.111. The lowest BCUT2D eigenvalue weighted by atomic mass is 9.92. The monoisotopic (exact) mass is 608 g/mol. The smallest absolute Gasteiger partial charge is 0.274 e. The van der Waals surface area contributed by atoms with Crippen LogP contribution in [0.15, 0.2) is 65.7 Å². The molecule has 0 unspecified atom stereocenters. The molecule has 3 aliphatic rings. The van der Waals surface area contributed by atoms with Crippen LogP contribution >= 0.6 is 0 Å².